The summed E-state index contributed by atoms with van der Waals surface area (Å²) in [7, 11) is 0. The summed E-state index contributed by atoms with van der Waals surface area (Å²) in [6, 6.07) is 15.6. The number of rotatable bonds is 6. The first kappa shape index (κ1) is 21.1. The van der Waals surface area contributed by atoms with E-state index in [1.165, 1.54) is 22.2 Å². The van der Waals surface area contributed by atoms with Crippen molar-refractivity contribution in [2.45, 2.75) is 13.5 Å². The third-order valence-corrected chi connectivity index (χ3v) is 5.19. The lowest BCUT2D eigenvalue weighted by Gasteiger charge is -2.08. The zero-order valence-corrected chi connectivity index (χ0v) is 17.8. The molecule has 2 aromatic carbocycles. The minimum Gasteiger partial charge on any atom is -0.504 e. The van der Waals surface area contributed by atoms with Gasteiger partial charge in [0.15, 0.2) is 11.4 Å². The predicted molar refractivity (Wildman–Crippen MR) is 118 cm³/mol. The second-order valence-corrected chi connectivity index (χ2v) is 7.79. The third-order valence-electron chi connectivity index (χ3n) is 4.37. The number of aromatic nitrogens is 3. The van der Waals surface area contributed by atoms with Gasteiger partial charge in [-0.15, -0.1) is 11.3 Å². The summed E-state index contributed by atoms with van der Waals surface area (Å²) in [5.41, 5.74) is 6.13. The molecule has 0 spiro atoms. The summed E-state index contributed by atoms with van der Waals surface area (Å²) in [6.07, 6.45) is 1.32. The van der Waals surface area contributed by atoms with Gasteiger partial charge in [-0.2, -0.15) is 5.10 Å². The molecular weight excluding hydrogens is 430 g/mol. The fourth-order valence-corrected chi connectivity index (χ4v) is 3.44. The van der Waals surface area contributed by atoms with Crippen molar-refractivity contribution in [1.82, 2.24) is 25.6 Å². The van der Waals surface area contributed by atoms with Crippen LogP contribution < -0.4 is 15.6 Å². The van der Waals surface area contributed by atoms with E-state index in [0.717, 1.165) is 10.7 Å². The molecular formula is C22H19N5O4S. The molecule has 2 heterocycles. The molecule has 9 nitrogen and oxygen atoms in total. The van der Waals surface area contributed by atoms with E-state index in [0.29, 0.717) is 11.4 Å². The van der Waals surface area contributed by atoms with E-state index in [4.69, 9.17) is 4.74 Å². The highest BCUT2D eigenvalue weighted by Gasteiger charge is 2.18. The molecule has 2 aromatic heterocycles. The van der Waals surface area contributed by atoms with Gasteiger partial charge in [0.25, 0.3) is 11.8 Å². The lowest BCUT2D eigenvalue weighted by atomic mass is 10.2. The van der Waals surface area contributed by atoms with Crippen LogP contribution in [0.4, 0.5) is 0 Å². The normalized spacial score (nSPS) is 10.5. The molecule has 4 rings (SSSR count). The molecule has 4 aromatic rings. The Bertz CT molecular complexity index is 1250. The highest BCUT2D eigenvalue weighted by molar-refractivity contribution is 7.09. The molecule has 2 amide bonds. The van der Waals surface area contributed by atoms with Crippen LogP contribution in [0.25, 0.3) is 5.69 Å². The number of benzene rings is 2. The number of amides is 2. The fraction of sp³-hybridized carbons (Fsp3) is 0.0909. The van der Waals surface area contributed by atoms with E-state index in [1.54, 1.807) is 36.4 Å². The highest BCUT2D eigenvalue weighted by atomic mass is 32.1. The van der Waals surface area contributed by atoms with Gasteiger partial charge in [-0.25, -0.2) is 9.67 Å². The van der Waals surface area contributed by atoms with E-state index < -0.39 is 11.8 Å². The molecule has 0 fully saturated rings. The summed E-state index contributed by atoms with van der Waals surface area (Å²) in [6.45, 7) is 2.20. The first-order valence-corrected chi connectivity index (χ1v) is 10.5. The Labute approximate surface area is 187 Å². The number of carbonyl (C=O) groups excluding carboxylic acids is 2. The van der Waals surface area contributed by atoms with E-state index >= 15 is 0 Å². The molecule has 0 aliphatic carbocycles. The van der Waals surface area contributed by atoms with Gasteiger partial charge in [-0.05, 0) is 37.3 Å². The maximum Gasteiger partial charge on any atom is 0.294 e. The number of aromatic hydroxyl groups is 1. The molecule has 0 atom stereocenters. The van der Waals surface area contributed by atoms with Crippen molar-refractivity contribution in [3.05, 3.63) is 88.1 Å². The topological polar surface area (TPSA) is 118 Å². The summed E-state index contributed by atoms with van der Waals surface area (Å²) in [5.74, 6) is -1.12. The predicted octanol–water partition coefficient (Wildman–Crippen LogP) is 3.00. The lowest BCUT2D eigenvalue weighted by molar-refractivity contribution is 0.0842. The average Bonchev–Trinajstić information content (AvgIpc) is 3.42. The zero-order valence-electron chi connectivity index (χ0n) is 17.0. The molecule has 0 aliphatic heterocycles. The van der Waals surface area contributed by atoms with Crippen LogP contribution >= 0.6 is 11.3 Å². The first-order valence-electron chi connectivity index (χ1n) is 9.58. The molecule has 10 heteroatoms. The monoisotopic (exact) mass is 449 g/mol. The van der Waals surface area contributed by atoms with Crippen molar-refractivity contribution < 1.29 is 19.4 Å². The minimum atomic E-state index is -0.753. The minimum absolute atomic E-state index is 0.218. The van der Waals surface area contributed by atoms with Gasteiger partial charge in [0, 0.05) is 10.9 Å². The van der Waals surface area contributed by atoms with Gasteiger partial charge in [-0.3, -0.25) is 20.4 Å². The quantitative estimate of drug-likeness (QED) is 0.390. The van der Waals surface area contributed by atoms with E-state index in [1.807, 2.05) is 30.5 Å². The molecule has 3 N–H and O–H groups in total. The van der Waals surface area contributed by atoms with E-state index in [-0.39, 0.29) is 23.6 Å². The Balaban J connectivity index is 1.36. The van der Waals surface area contributed by atoms with Crippen LogP contribution in [0.3, 0.4) is 0 Å². The lowest BCUT2D eigenvalue weighted by Crippen LogP contribution is -2.41. The molecule has 0 unspecified atom stereocenters. The van der Waals surface area contributed by atoms with Gasteiger partial charge >= 0.3 is 0 Å². The molecule has 162 valence electrons. The Kier molecular flexibility index (Phi) is 6.13. The highest BCUT2D eigenvalue weighted by Crippen LogP contribution is 2.18. The SMILES string of the molecule is Cc1nc(COc2cccc(C(=O)NNC(=O)c3nn(-c4ccccc4)cc3O)c2)cs1. The summed E-state index contributed by atoms with van der Waals surface area (Å²) < 4.78 is 7.05. The van der Waals surface area contributed by atoms with Crippen molar-refractivity contribution >= 4 is 23.2 Å². The maximum absolute atomic E-state index is 12.4. The Morgan fingerprint density at radius 1 is 1.09 bits per heavy atom. The van der Waals surface area contributed by atoms with Crippen LogP contribution in [0.5, 0.6) is 11.5 Å². The van der Waals surface area contributed by atoms with Crippen LogP contribution in [0, 0.1) is 6.92 Å². The van der Waals surface area contributed by atoms with Crippen molar-refractivity contribution in [3.8, 4) is 17.2 Å². The number of nitrogens with zero attached hydrogens (tertiary/aromatic N) is 3. The van der Waals surface area contributed by atoms with Gasteiger partial charge < -0.3 is 9.84 Å². The number of aryl methyl sites for hydroxylation is 1. The number of hydrogen-bond donors (Lipinski definition) is 3. The van der Waals surface area contributed by atoms with Gasteiger partial charge in [0.05, 0.1) is 22.6 Å². The number of hydrazine groups is 1. The number of nitrogens with one attached hydrogen (secondary N) is 2. The fourth-order valence-electron chi connectivity index (χ4n) is 2.84. The second-order valence-electron chi connectivity index (χ2n) is 6.73. The summed E-state index contributed by atoms with van der Waals surface area (Å²) >= 11 is 1.54. The number of para-hydroxylation sites is 1. The van der Waals surface area contributed by atoms with Gasteiger partial charge in [0.2, 0.25) is 0 Å². The van der Waals surface area contributed by atoms with Crippen molar-refractivity contribution in [2.24, 2.45) is 0 Å². The molecule has 32 heavy (non-hydrogen) atoms. The van der Waals surface area contributed by atoms with Crippen molar-refractivity contribution in [2.75, 3.05) is 0 Å². The van der Waals surface area contributed by atoms with E-state index in [2.05, 4.69) is 20.9 Å². The van der Waals surface area contributed by atoms with Crippen molar-refractivity contribution in [1.29, 1.82) is 0 Å². The average molecular weight is 449 g/mol. The Morgan fingerprint density at radius 3 is 2.62 bits per heavy atom. The number of thiazole rings is 1. The smallest absolute Gasteiger partial charge is 0.294 e. The van der Waals surface area contributed by atoms with Crippen LogP contribution in [-0.4, -0.2) is 31.7 Å². The molecule has 0 saturated carbocycles. The third kappa shape index (κ3) is 4.93. The van der Waals surface area contributed by atoms with Gasteiger partial charge in [-0.1, -0.05) is 24.3 Å². The standard InChI is InChI=1S/C22H19N5O4S/c1-14-23-16(13-32-14)12-31-18-9-5-6-15(10-18)21(29)24-25-22(30)20-19(28)11-27(26-20)17-7-3-2-4-8-17/h2-11,13,28H,12H2,1H3,(H,24,29)(H,25,30). The summed E-state index contributed by atoms with van der Waals surface area (Å²) in [4.78, 5) is 29.2. The Morgan fingerprint density at radius 2 is 1.88 bits per heavy atom. The number of ether oxygens (including phenoxy) is 1. The number of carbonyl (C=O) groups is 2. The molecule has 0 bridgehead atoms. The maximum atomic E-state index is 12.4. The molecule has 0 aliphatic rings. The van der Waals surface area contributed by atoms with E-state index in [9.17, 15) is 14.7 Å². The van der Waals surface area contributed by atoms with Crippen LogP contribution in [0.1, 0.15) is 31.5 Å². The van der Waals surface area contributed by atoms with Gasteiger partial charge in [0.1, 0.15) is 12.4 Å². The second kappa shape index (κ2) is 9.31. The largest absolute Gasteiger partial charge is 0.504 e. The summed E-state index contributed by atoms with van der Waals surface area (Å²) in [5, 5.41) is 17.0. The van der Waals surface area contributed by atoms with Crippen LogP contribution in [0.15, 0.2) is 66.2 Å². The first-order chi connectivity index (χ1) is 15.5. The number of hydrogen-bond acceptors (Lipinski definition) is 7. The zero-order chi connectivity index (χ0) is 22.5. The molecule has 0 saturated heterocycles. The molecule has 0 radical (unpaired) electrons. The Hall–Kier alpha value is -4.18. The van der Waals surface area contributed by atoms with Crippen LogP contribution in [0.2, 0.25) is 0 Å². The van der Waals surface area contributed by atoms with Crippen molar-refractivity contribution in [3.63, 3.8) is 0 Å². The van der Waals surface area contributed by atoms with Crippen LogP contribution in [-0.2, 0) is 6.61 Å².